The maximum atomic E-state index is 9.65. The first-order valence-electron chi connectivity index (χ1n) is 3.53. The van der Waals surface area contributed by atoms with E-state index in [9.17, 15) is 5.11 Å². The Bertz CT molecular complexity index is 93.8. The predicted molar refractivity (Wildman–Crippen MR) is 40.6 cm³/mol. The van der Waals surface area contributed by atoms with Crippen molar-refractivity contribution in [1.82, 2.24) is 4.90 Å². The molecule has 0 aliphatic rings. The van der Waals surface area contributed by atoms with Crippen molar-refractivity contribution in [2.24, 2.45) is 0 Å². The summed E-state index contributed by atoms with van der Waals surface area (Å²) in [5.41, 5.74) is -1.07. The van der Waals surface area contributed by atoms with E-state index in [0.717, 1.165) is 0 Å². The molecule has 0 aromatic heterocycles. The molecule has 0 bridgehead atoms. The molecule has 0 fully saturated rings. The topological polar surface area (TPSA) is 43.7 Å². The molecule has 62 valence electrons. The molecule has 3 nitrogen and oxygen atoms in total. The van der Waals surface area contributed by atoms with Crippen molar-refractivity contribution in [3.05, 3.63) is 0 Å². The van der Waals surface area contributed by atoms with Crippen LogP contribution in [0.25, 0.3) is 0 Å². The van der Waals surface area contributed by atoms with E-state index >= 15 is 0 Å². The second kappa shape index (κ2) is 3.32. The minimum absolute atomic E-state index is 0.525. The monoisotopic (exact) mass is 147 g/mol. The van der Waals surface area contributed by atoms with E-state index in [1.807, 2.05) is 6.92 Å². The number of likely N-dealkylation sites (N-methyl/N-ethyl adjacent to an activating group) is 1. The lowest BCUT2D eigenvalue weighted by atomic mass is 10.0. The molecule has 2 N–H and O–H groups in total. The maximum absolute atomic E-state index is 9.65. The molecule has 2 atom stereocenters. The van der Waals surface area contributed by atoms with Gasteiger partial charge in [0.05, 0.1) is 6.10 Å². The van der Waals surface area contributed by atoms with Gasteiger partial charge in [-0.1, -0.05) is 6.92 Å². The highest BCUT2D eigenvalue weighted by Gasteiger charge is 2.32. The lowest BCUT2D eigenvalue weighted by molar-refractivity contribution is -0.157. The standard InChI is InChI=1S/C7H17NO2/c1-5-7(10,6(2)9)8(3)4/h6,9-10H,5H2,1-4H3. The van der Waals surface area contributed by atoms with Crippen LogP contribution < -0.4 is 0 Å². The van der Waals surface area contributed by atoms with Crippen molar-refractivity contribution in [2.75, 3.05) is 14.1 Å². The number of hydrogen-bond acceptors (Lipinski definition) is 3. The summed E-state index contributed by atoms with van der Waals surface area (Å²) in [4.78, 5) is 1.62. The molecule has 0 rings (SSSR count). The van der Waals surface area contributed by atoms with E-state index in [1.165, 1.54) is 0 Å². The summed E-state index contributed by atoms with van der Waals surface area (Å²) in [5, 5.41) is 18.8. The number of hydrogen-bond donors (Lipinski definition) is 2. The van der Waals surface area contributed by atoms with Gasteiger partial charge in [0.2, 0.25) is 0 Å². The van der Waals surface area contributed by atoms with Gasteiger partial charge in [-0.2, -0.15) is 0 Å². The van der Waals surface area contributed by atoms with Crippen LogP contribution in [0.15, 0.2) is 0 Å². The highest BCUT2D eigenvalue weighted by molar-refractivity contribution is 4.78. The van der Waals surface area contributed by atoms with Crippen LogP contribution in [0.1, 0.15) is 20.3 Å². The zero-order chi connectivity index (χ0) is 8.36. The number of rotatable bonds is 3. The third-order valence-electron chi connectivity index (χ3n) is 1.96. The quantitative estimate of drug-likeness (QED) is 0.553. The van der Waals surface area contributed by atoms with Gasteiger partial charge in [-0.05, 0) is 27.4 Å². The molecule has 0 aliphatic carbocycles. The Morgan fingerprint density at radius 3 is 1.90 bits per heavy atom. The van der Waals surface area contributed by atoms with Crippen LogP contribution in [0, 0.1) is 0 Å². The van der Waals surface area contributed by atoms with Crippen LogP contribution in [0.5, 0.6) is 0 Å². The van der Waals surface area contributed by atoms with Crippen LogP contribution in [-0.4, -0.2) is 41.0 Å². The minimum Gasteiger partial charge on any atom is -0.389 e. The van der Waals surface area contributed by atoms with Crippen molar-refractivity contribution < 1.29 is 10.2 Å². The van der Waals surface area contributed by atoms with E-state index < -0.39 is 11.8 Å². The molecule has 0 spiro atoms. The van der Waals surface area contributed by atoms with E-state index in [1.54, 1.807) is 25.9 Å². The predicted octanol–water partition coefficient (Wildman–Crippen LogP) is 0.0274. The van der Waals surface area contributed by atoms with Crippen molar-refractivity contribution in [1.29, 1.82) is 0 Å². The Morgan fingerprint density at radius 1 is 1.50 bits per heavy atom. The fraction of sp³-hybridized carbons (Fsp3) is 1.00. The van der Waals surface area contributed by atoms with Gasteiger partial charge in [-0.15, -0.1) is 0 Å². The lowest BCUT2D eigenvalue weighted by Gasteiger charge is -2.36. The van der Waals surface area contributed by atoms with E-state index in [4.69, 9.17) is 5.11 Å². The van der Waals surface area contributed by atoms with Crippen molar-refractivity contribution in [3.63, 3.8) is 0 Å². The SMILES string of the molecule is CCC(O)(C(C)O)N(C)C. The molecule has 10 heavy (non-hydrogen) atoms. The lowest BCUT2D eigenvalue weighted by Crippen LogP contribution is -2.51. The van der Waals surface area contributed by atoms with Crippen LogP contribution in [0.2, 0.25) is 0 Å². The van der Waals surface area contributed by atoms with E-state index in [2.05, 4.69) is 0 Å². The normalized spacial score (nSPS) is 20.7. The van der Waals surface area contributed by atoms with E-state index in [0.29, 0.717) is 6.42 Å². The minimum atomic E-state index is -1.07. The average Bonchev–Trinajstić information content (AvgIpc) is 1.85. The maximum Gasteiger partial charge on any atom is 0.143 e. The summed E-state index contributed by atoms with van der Waals surface area (Å²) in [6, 6.07) is 0. The van der Waals surface area contributed by atoms with E-state index in [-0.39, 0.29) is 0 Å². The Labute approximate surface area is 62.3 Å². The third kappa shape index (κ3) is 1.68. The first-order valence-corrected chi connectivity index (χ1v) is 3.53. The molecular formula is C7H17NO2. The van der Waals surface area contributed by atoms with Gasteiger partial charge in [0.1, 0.15) is 5.72 Å². The zero-order valence-corrected chi connectivity index (χ0v) is 7.13. The summed E-state index contributed by atoms with van der Waals surface area (Å²) in [5.74, 6) is 0. The highest BCUT2D eigenvalue weighted by Crippen LogP contribution is 2.16. The molecular weight excluding hydrogens is 130 g/mol. The highest BCUT2D eigenvalue weighted by atomic mass is 16.4. The average molecular weight is 147 g/mol. The summed E-state index contributed by atoms with van der Waals surface area (Å²) in [6.45, 7) is 3.43. The molecule has 0 aromatic rings. The summed E-state index contributed by atoms with van der Waals surface area (Å²) in [6.07, 6.45) is -0.190. The van der Waals surface area contributed by atoms with Crippen LogP contribution in [0.3, 0.4) is 0 Å². The van der Waals surface area contributed by atoms with Gasteiger partial charge in [0, 0.05) is 0 Å². The Morgan fingerprint density at radius 2 is 1.90 bits per heavy atom. The van der Waals surface area contributed by atoms with Gasteiger partial charge in [-0.25, -0.2) is 0 Å². The van der Waals surface area contributed by atoms with Crippen molar-refractivity contribution in [3.8, 4) is 0 Å². The van der Waals surface area contributed by atoms with Crippen molar-refractivity contribution in [2.45, 2.75) is 32.1 Å². The Kier molecular flexibility index (Phi) is 3.28. The second-order valence-electron chi connectivity index (χ2n) is 2.80. The summed E-state index contributed by atoms with van der Waals surface area (Å²) in [7, 11) is 3.49. The third-order valence-corrected chi connectivity index (χ3v) is 1.96. The first-order chi connectivity index (χ1) is 4.45. The van der Waals surface area contributed by atoms with Gasteiger partial charge >= 0.3 is 0 Å². The zero-order valence-electron chi connectivity index (χ0n) is 7.13. The fourth-order valence-corrected chi connectivity index (χ4v) is 0.985. The molecule has 0 saturated carbocycles. The molecule has 3 heteroatoms. The fourth-order valence-electron chi connectivity index (χ4n) is 0.985. The van der Waals surface area contributed by atoms with Crippen molar-refractivity contribution >= 4 is 0 Å². The number of aliphatic hydroxyl groups excluding tert-OH is 1. The summed E-state index contributed by atoms with van der Waals surface area (Å²) >= 11 is 0. The van der Waals surface area contributed by atoms with Crippen LogP contribution in [0.4, 0.5) is 0 Å². The summed E-state index contributed by atoms with van der Waals surface area (Å²) < 4.78 is 0. The van der Waals surface area contributed by atoms with Gasteiger partial charge in [-0.3, -0.25) is 4.90 Å². The molecule has 0 heterocycles. The molecule has 0 aromatic carbocycles. The number of aliphatic hydroxyl groups is 2. The van der Waals surface area contributed by atoms with Crippen LogP contribution in [-0.2, 0) is 0 Å². The van der Waals surface area contributed by atoms with Crippen LogP contribution >= 0.6 is 0 Å². The number of nitrogens with zero attached hydrogens (tertiary/aromatic N) is 1. The molecule has 0 saturated heterocycles. The molecule has 0 radical (unpaired) electrons. The van der Waals surface area contributed by atoms with Gasteiger partial charge in [0.15, 0.2) is 0 Å². The Hall–Kier alpha value is -0.120. The smallest absolute Gasteiger partial charge is 0.143 e. The molecule has 2 unspecified atom stereocenters. The Balaban J connectivity index is 4.23. The second-order valence-corrected chi connectivity index (χ2v) is 2.80. The molecule has 0 amide bonds. The largest absolute Gasteiger partial charge is 0.389 e. The van der Waals surface area contributed by atoms with Gasteiger partial charge in [0.25, 0.3) is 0 Å². The first kappa shape index (κ1) is 9.88. The van der Waals surface area contributed by atoms with Gasteiger partial charge < -0.3 is 10.2 Å². The molecule has 0 aliphatic heterocycles.